The molecule has 1 amide bonds. The predicted molar refractivity (Wildman–Crippen MR) is 136 cm³/mol. The zero-order chi connectivity index (χ0) is 24.1. The second kappa shape index (κ2) is 10.7. The maximum absolute atomic E-state index is 12.8. The van der Waals surface area contributed by atoms with E-state index in [1.807, 2.05) is 78.4 Å². The van der Waals surface area contributed by atoms with Gasteiger partial charge in [-0.3, -0.25) is 4.79 Å². The molecule has 0 radical (unpaired) electrons. The van der Waals surface area contributed by atoms with Crippen molar-refractivity contribution in [2.75, 3.05) is 18.2 Å². The van der Waals surface area contributed by atoms with Crippen molar-refractivity contribution in [2.45, 2.75) is 25.5 Å². The fourth-order valence-electron chi connectivity index (χ4n) is 3.47. The van der Waals surface area contributed by atoms with Crippen LogP contribution in [0.5, 0.6) is 0 Å². The number of nitrogens with zero attached hydrogens (tertiary/aromatic N) is 3. The Bertz CT molecular complexity index is 1300. The summed E-state index contributed by atoms with van der Waals surface area (Å²) >= 11 is 2.61. The molecule has 0 spiro atoms. The Balaban J connectivity index is 1.49. The van der Waals surface area contributed by atoms with Gasteiger partial charge in [-0.2, -0.15) is 0 Å². The van der Waals surface area contributed by atoms with E-state index in [1.165, 1.54) is 35.8 Å². The third-order valence-corrected chi connectivity index (χ3v) is 7.06. The molecule has 0 bridgehead atoms. The Kier molecular flexibility index (Phi) is 7.44. The number of thiophene rings is 1. The fraction of sp³-hybridized carbons (Fsp3) is 0.200. The Morgan fingerprint density at radius 3 is 2.47 bits per heavy atom. The molecular formula is C25H24N4O3S2. The van der Waals surface area contributed by atoms with Gasteiger partial charge in [0.15, 0.2) is 11.0 Å². The summed E-state index contributed by atoms with van der Waals surface area (Å²) in [5.41, 5.74) is 4.12. The third kappa shape index (κ3) is 5.05. The maximum Gasteiger partial charge on any atom is 0.341 e. The molecule has 1 N–H and O–H groups in total. The van der Waals surface area contributed by atoms with Gasteiger partial charge in [-0.1, -0.05) is 71.9 Å². The molecule has 4 rings (SSSR count). The molecule has 7 nitrogen and oxygen atoms in total. The predicted octanol–water partition coefficient (Wildman–Crippen LogP) is 5.52. The lowest BCUT2D eigenvalue weighted by Crippen LogP contribution is -2.16. The molecule has 2 heterocycles. The van der Waals surface area contributed by atoms with E-state index in [-0.39, 0.29) is 11.7 Å². The van der Waals surface area contributed by atoms with Crippen molar-refractivity contribution in [3.63, 3.8) is 0 Å². The summed E-state index contributed by atoms with van der Waals surface area (Å²) in [6.45, 7) is 4.73. The van der Waals surface area contributed by atoms with Crippen molar-refractivity contribution in [1.29, 1.82) is 0 Å². The number of nitrogens with one attached hydrogen (secondary N) is 1. The number of thioether (sulfide) groups is 1. The first-order valence-electron chi connectivity index (χ1n) is 10.7. The molecule has 0 fully saturated rings. The third-order valence-electron chi connectivity index (χ3n) is 5.19. The van der Waals surface area contributed by atoms with Crippen molar-refractivity contribution in [1.82, 2.24) is 14.8 Å². The van der Waals surface area contributed by atoms with Crippen LogP contribution < -0.4 is 5.32 Å². The van der Waals surface area contributed by atoms with Crippen molar-refractivity contribution in [3.8, 4) is 22.5 Å². The fourth-order valence-corrected chi connectivity index (χ4v) is 5.25. The number of aromatic nitrogens is 3. The minimum absolute atomic E-state index is 0.130. The molecule has 0 saturated heterocycles. The Morgan fingerprint density at radius 2 is 1.79 bits per heavy atom. The largest absolute Gasteiger partial charge is 0.465 e. The van der Waals surface area contributed by atoms with Crippen molar-refractivity contribution >= 4 is 40.0 Å². The molecule has 9 heteroatoms. The topological polar surface area (TPSA) is 86.1 Å². The van der Waals surface area contributed by atoms with E-state index in [9.17, 15) is 9.59 Å². The highest BCUT2D eigenvalue weighted by Gasteiger charge is 2.23. The number of carbonyl (C=O) groups excluding carboxylic acids is 2. The van der Waals surface area contributed by atoms with Gasteiger partial charge in [0.2, 0.25) is 5.91 Å². The smallest absolute Gasteiger partial charge is 0.341 e. The highest BCUT2D eigenvalue weighted by molar-refractivity contribution is 7.99. The average Bonchev–Trinajstić information content (AvgIpc) is 3.47. The zero-order valence-corrected chi connectivity index (χ0v) is 20.7. The van der Waals surface area contributed by atoms with Gasteiger partial charge in [0, 0.05) is 23.1 Å². The number of aryl methyl sites for hydroxylation is 1. The summed E-state index contributed by atoms with van der Waals surface area (Å²) in [6.07, 6.45) is 0. The number of ether oxygens (including phenoxy) is 1. The molecule has 34 heavy (non-hydrogen) atoms. The molecule has 2 aromatic carbocycles. The minimum atomic E-state index is -0.489. The Labute approximate surface area is 206 Å². The first-order chi connectivity index (χ1) is 16.5. The number of anilines is 1. The quantitative estimate of drug-likeness (QED) is 0.257. The number of methoxy groups -OCH3 is 1. The van der Waals surface area contributed by atoms with E-state index in [4.69, 9.17) is 4.74 Å². The Hall–Kier alpha value is -3.43. The zero-order valence-electron chi connectivity index (χ0n) is 19.1. The standard InChI is InChI=1S/C25H24N4O3S2/c1-4-29-22(18-12-10-16(2)11-13-18)27-28-25(29)34-15-20(30)26-23-21(24(31)32-3)19(14-33-23)17-8-6-5-7-9-17/h5-14H,4,15H2,1-3H3,(H,26,30). The van der Waals surface area contributed by atoms with Gasteiger partial charge in [0.1, 0.15) is 10.6 Å². The van der Waals surface area contributed by atoms with Crippen LogP contribution in [-0.2, 0) is 16.1 Å². The SMILES string of the molecule is CCn1c(SCC(=O)Nc2scc(-c3ccccc3)c2C(=O)OC)nnc1-c1ccc(C)cc1. The molecule has 0 aliphatic heterocycles. The number of hydrogen-bond donors (Lipinski definition) is 1. The summed E-state index contributed by atoms with van der Waals surface area (Å²) < 4.78 is 6.97. The van der Waals surface area contributed by atoms with E-state index in [2.05, 4.69) is 15.5 Å². The van der Waals surface area contributed by atoms with Crippen molar-refractivity contribution in [3.05, 3.63) is 71.1 Å². The van der Waals surface area contributed by atoms with Gasteiger partial charge in [-0.15, -0.1) is 21.5 Å². The molecule has 4 aromatic rings. The summed E-state index contributed by atoms with van der Waals surface area (Å²) in [7, 11) is 1.33. The van der Waals surface area contributed by atoms with Gasteiger partial charge in [-0.05, 0) is 19.4 Å². The van der Waals surface area contributed by atoms with Crippen LogP contribution >= 0.6 is 23.1 Å². The van der Waals surface area contributed by atoms with Gasteiger partial charge in [-0.25, -0.2) is 4.79 Å². The number of amides is 1. The molecule has 0 unspecified atom stereocenters. The highest BCUT2D eigenvalue weighted by atomic mass is 32.2. The van der Waals surface area contributed by atoms with Gasteiger partial charge in [0.25, 0.3) is 0 Å². The van der Waals surface area contributed by atoms with Crippen LogP contribution in [0, 0.1) is 6.92 Å². The summed E-state index contributed by atoms with van der Waals surface area (Å²) in [5, 5.41) is 14.5. The normalized spacial score (nSPS) is 10.8. The van der Waals surface area contributed by atoms with Crippen LogP contribution in [0.1, 0.15) is 22.8 Å². The van der Waals surface area contributed by atoms with Crippen LogP contribution in [0.3, 0.4) is 0 Å². The number of benzene rings is 2. The van der Waals surface area contributed by atoms with E-state index in [0.29, 0.717) is 22.3 Å². The Morgan fingerprint density at radius 1 is 1.06 bits per heavy atom. The number of hydrogen-bond acceptors (Lipinski definition) is 7. The number of esters is 1. The monoisotopic (exact) mass is 492 g/mol. The van der Waals surface area contributed by atoms with E-state index < -0.39 is 5.97 Å². The maximum atomic E-state index is 12.8. The lowest BCUT2D eigenvalue weighted by Gasteiger charge is -2.09. The van der Waals surface area contributed by atoms with Gasteiger partial charge < -0.3 is 14.6 Å². The van der Waals surface area contributed by atoms with Crippen LogP contribution in [0.4, 0.5) is 5.00 Å². The summed E-state index contributed by atoms with van der Waals surface area (Å²) in [4.78, 5) is 25.3. The van der Waals surface area contributed by atoms with Crippen LogP contribution in [0.2, 0.25) is 0 Å². The molecule has 2 aromatic heterocycles. The van der Waals surface area contributed by atoms with E-state index in [1.54, 1.807) is 0 Å². The molecular weight excluding hydrogens is 468 g/mol. The van der Waals surface area contributed by atoms with E-state index in [0.717, 1.165) is 22.5 Å². The molecule has 174 valence electrons. The molecule has 0 aliphatic carbocycles. The van der Waals surface area contributed by atoms with Crippen LogP contribution in [0.15, 0.2) is 65.1 Å². The van der Waals surface area contributed by atoms with Crippen molar-refractivity contribution in [2.24, 2.45) is 0 Å². The molecule has 0 saturated carbocycles. The first-order valence-corrected chi connectivity index (χ1v) is 12.6. The number of carbonyl (C=O) groups is 2. The molecule has 0 atom stereocenters. The molecule has 0 aliphatic rings. The minimum Gasteiger partial charge on any atom is -0.465 e. The van der Waals surface area contributed by atoms with Crippen LogP contribution in [0.25, 0.3) is 22.5 Å². The average molecular weight is 493 g/mol. The first kappa shape index (κ1) is 23.7. The summed E-state index contributed by atoms with van der Waals surface area (Å²) in [6, 6.07) is 17.6. The lowest BCUT2D eigenvalue weighted by molar-refractivity contribution is -0.113. The van der Waals surface area contributed by atoms with Gasteiger partial charge in [0.05, 0.1) is 12.9 Å². The van der Waals surface area contributed by atoms with E-state index >= 15 is 0 Å². The number of rotatable bonds is 8. The second-order valence-corrected chi connectivity index (χ2v) is 9.29. The second-order valence-electron chi connectivity index (χ2n) is 7.46. The highest BCUT2D eigenvalue weighted by Crippen LogP contribution is 2.36. The van der Waals surface area contributed by atoms with Crippen LogP contribution in [-0.4, -0.2) is 39.5 Å². The summed E-state index contributed by atoms with van der Waals surface area (Å²) in [5.74, 6) is 0.172. The van der Waals surface area contributed by atoms with Crippen molar-refractivity contribution < 1.29 is 14.3 Å². The lowest BCUT2D eigenvalue weighted by atomic mass is 10.0. The van der Waals surface area contributed by atoms with Gasteiger partial charge >= 0.3 is 5.97 Å².